The van der Waals surface area contributed by atoms with Crippen LogP contribution in [-0.2, 0) is 14.3 Å². The van der Waals surface area contributed by atoms with Crippen LogP contribution in [0.2, 0.25) is 0 Å². The SMILES string of the molecule is O=C1NCCN(CC=Cc2ccccc2)C1CC(=O)N1CCOCC1. The molecular formula is C19H25N3O3. The fourth-order valence-electron chi connectivity index (χ4n) is 3.20. The van der Waals surface area contributed by atoms with Gasteiger partial charge in [0.1, 0.15) is 0 Å². The molecule has 1 unspecified atom stereocenters. The lowest BCUT2D eigenvalue weighted by atomic mass is 10.1. The zero-order valence-electron chi connectivity index (χ0n) is 14.4. The van der Waals surface area contributed by atoms with Crippen molar-refractivity contribution in [2.75, 3.05) is 45.9 Å². The molecule has 6 heteroatoms. The topological polar surface area (TPSA) is 61.9 Å². The monoisotopic (exact) mass is 343 g/mol. The van der Waals surface area contributed by atoms with E-state index in [1.807, 2.05) is 36.4 Å². The zero-order valence-corrected chi connectivity index (χ0v) is 14.4. The van der Waals surface area contributed by atoms with Crippen molar-refractivity contribution in [1.82, 2.24) is 15.1 Å². The van der Waals surface area contributed by atoms with Crippen molar-refractivity contribution in [2.45, 2.75) is 12.5 Å². The Morgan fingerprint density at radius 2 is 1.96 bits per heavy atom. The fraction of sp³-hybridized carbons (Fsp3) is 0.474. The molecule has 2 heterocycles. The maximum atomic E-state index is 12.5. The van der Waals surface area contributed by atoms with E-state index in [4.69, 9.17) is 4.74 Å². The van der Waals surface area contributed by atoms with Crippen molar-refractivity contribution in [2.24, 2.45) is 0 Å². The predicted octanol–water partition coefficient (Wildman–Crippen LogP) is 0.749. The smallest absolute Gasteiger partial charge is 0.237 e. The van der Waals surface area contributed by atoms with Crippen molar-refractivity contribution in [1.29, 1.82) is 0 Å². The Morgan fingerprint density at radius 1 is 1.20 bits per heavy atom. The van der Waals surface area contributed by atoms with Crippen LogP contribution in [-0.4, -0.2) is 73.6 Å². The number of carbonyl (C=O) groups is 2. The second kappa shape index (κ2) is 8.78. The number of hydrogen-bond acceptors (Lipinski definition) is 4. The van der Waals surface area contributed by atoms with Gasteiger partial charge in [0.25, 0.3) is 0 Å². The molecule has 2 saturated heterocycles. The van der Waals surface area contributed by atoms with E-state index in [-0.39, 0.29) is 18.2 Å². The van der Waals surface area contributed by atoms with Gasteiger partial charge in [0.05, 0.1) is 25.7 Å². The standard InChI is InChI=1S/C19H25N3O3/c23-18(22-11-13-25-14-12-22)15-17-19(24)20-8-10-21(17)9-4-7-16-5-2-1-3-6-16/h1-7,17H,8-15H2,(H,20,24). The second-order valence-corrected chi connectivity index (χ2v) is 6.31. The molecule has 0 aliphatic carbocycles. The third kappa shape index (κ3) is 4.90. The van der Waals surface area contributed by atoms with Crippen molar-refractivity contribution in [3.63, 3.8) is 0 Å². The number of nitrogens with one attached hydrogen (secondary N) is 1. The van der Waals surface area contributed by atoms with Crippen molar-refractivity contribution in [3.8, 4) is 0 Å². The Balaban J connectivity index is 1.59. The van der Waals surface area contributed by atoms with Crippen LogP contribution in [0.25, 0.3) is 6.08 Å². The van der Waals surface area contributed by atoms with E-state index in [9.17, 15) is 9.59 Å². The highest BCUT2D eigenvalue weighted by molar-refractivity contribution is 5.89. The van der Waals surface area contributed by atoms with Gasteiger partial charge in [0.15, 0.2) is 0 Å². The molecule has 1 aromatic carbocycles. The first-order chi connectivity index (χ1) is 12.2. The maximum absolute atomic E-state index is 12.5. The number of ether oxygens (including phenoxy) is 1. The molecule has 1 N–H and O–H groups in total. The third-order valence-corrected chi connectivity index (χ3v) is 4.62. The third-order valence-electron chi connectivity index (χ3n) is 4.62. The van der Waals surface area contributed by atoms with Gasteiger partial charge in [-0.25, -0.2) is 0 Å². The minimum Gasteiger partial charge on any atom is -0.378 e. The van der Waals surface area contributed by atoms with E-state index in [2.05, 4.69) is 16.3 Å². The summed E-state index contributed by atoms with van der Waals surface area (Å²) in [6, 6.07) is 9.66. The molecule has 0 radical (unpaired) electrons. The van der Waals surface area contributed by atoms with E-state index >= 15 is 0 Å². The molecule has 2 amide bonds. The van der Waals surface area contributed by atoms with Gasteiger partial charge in [-0.2, -0.15) is 0 Å². The Morgan fingerprint density at radius 3 is 2.72 bits per heavy atom. The lowest BCUT2D eigenvalue weighted by Gasteiger charge is -2.35. The van der Waals surface area contributed by atoms with Crippen molar-refractivity contribution in [3.05, 3.63) is 42.0 Å². The normalized spacial score (nSPS) is 22.2. The molecule has 2 aliphatic rings. The lowest BCUT2D eigenvalue weighted by Crippen LogP contribution is -2.57. The quantitative estimate of drug-likeness (QED) is 0.857. The Labute approximate surface area is 148 Å². The summed E-state index contributed by atoms with van der Waals surface area (Å²) in [5.41, 5.74) is 1.13. The summed E-state index contributed by atoms with van der Waals surface area (Å²) in [5, 5.41) is 2.88. The summed E-state index contributed by atoms with van der Waals surface area (Å²) in [5.74, 6) is -0.0247. The number of hydrogen-bond donors (Lipinski definition) is 1. The van der Waals surface area contributed by atoms with Gasteiger partial charge in [-0.05, 0) is 5.56 Å². The zero-order chi connectivity index (χ0) is 17.5. The van der Waals surface area contributed by atoms with Gasteiger partial charge in [0, 0.05) is 32.7 Å². The molecule has 2 aliphatic heterocycles. The first-order valence-electron chi connectivity index (χ1n) is 8.83. The first kappa shape index (κ1) is 17.6. The molecule has 6 nitrogen and oxygen atoms in total. The lowest BCUT2D eigenvalue weighted by molar-refractivity contribution is -0.141. The highest BCUT2D eigenvalue weighted by Crippen LogP contribution is 2.12. The van der Waals surface area contributed by atoms with Crippen LogP contribution in [0.4, 0.5) is 0 Å². The molecule has 0 saturated carbocycles. The summed E-state index contributed by atoms with van der Waals surface area (Å²) in [6.07, 6.45) is 4.33. The molecular weight excluding hydrogens is 318 g/mol. The van der Waals surface area contributed by atoms with E-state index in [1.54, 1.807) is 4.90 Å². The average Bonchev–Trinajstić information content (AvgIpc) is 2.66. The van der Waals surface area contributed by atoms with E-state index in [0.29, 0.717) is 39.4 Å². The van der Waals surface area contributed by atoms with Crippen LogP contribution >= 0.6 is 0 Å². The van der Waals surface area contributed by atoms with Crippen LogP contribution < -0.4 is 5.32 Å². The number of amides is 2. The van der Waals surface area contributed by atoms with Gasteiger partial charge in [-0.1, -0.05) is 42.5 Å². The number of morpholine rings is 1. The summed E-state index contributed by atoms with van der Waals surface area (Å²) in [4.78, 5) is 28.7. The fourth-order valence-corrected chi connectivity index (χ4v) is 3.20. The van der Waals surface area contributed by atoms with Gasteiger partial charge < -0.3 is 15.0 Å². The first-order valence-corrected chi connectivity index (χ1v) is 8.83. The minimum absolute atomic E-state index is 0.0300. The van der Waals surface area contributed by atoms with Crippen LogP contribution in [0.5, 0.6) is 0 Å². The van der Waals surface area contributed by atoms with Crippen molar-refractivity contribution < 1.29 is 14.3 Å². The molecule has 1 aromatic rings. The van der Waals surface area contributed by atoms with E-state index < -0.39 is 6.04 Å². The Bertz CT molecular complexity index is 612. The number of benzene rings is 1. The summed E-state index contributed by atoms with van der Waals surface area (Å²) >= 11 is 0. The number of piperazine rings is 1. The molecule has 0 spiro atoms. The van der Waals surface area contributed by atoms with Crippen LogP contribution in [0.1, 0.15) is 12.0 Å². The molecule has 3 rings (SSSR count). The number of carbonyl (C=O) groups excluding carboxylic acids is 2. The van der Waals surface area contributed by atoms with E-state index in [0.717, 1.165) is 12.1 Å². The maximum Gasteiger partial charge on any atom is 0.237 e. The molecule has 0 aromatic heterocycles. The summed E-state index contributed by atoms with van der Waals surface area (Å²) < 4.78 is 5.28. The molecule has 2 fully saturated rings. The molecule has 134 valence electrons. The Kier molecular flexibility index (Phi) is 6.19. The van der Waals surface area contributed by atoms with Gasteiger partial charge in [-0.15, -0.1) is 0 Å². The highest BCUT2D eigenvalue weighted by atomic mass is 16.5. The summed E-state index contributed by atoms with van der Waals surface area (Å²) in [6.45, 7) is 4.41. The molecule has 25 heavy (non-hydrogen) atoms. The van der Waals surface area contributed by atoms with Crippen LogP contribution in [0.15, 0.2) is 36.4 Å². The van der Waals surface area contributed by atoms with Crippen LogP contribution in [0, 0.1) is 0 Å². The van der Waals surface area contributed by atoms with Crippen molar-refractivity contribution >= 4 is 17.9 Å². The largest absolute Gasteiger partial charge is 0.378 e. The van der Waals surface area contributed by atoms with E-state index in [1.165, 1.54) is 0 Å². The second-order valence-electron chi connectivity index (χ2n) is 6.31. The van der Waals surface area contributed by atoms with Gasteiger partial charge in [-0.3, -0.25) is 14.5 Å². The molecule has 0 bridgehead atoms. The Hall–Kier alpha value is -2.18. The molecule has 1 atom stereocenters. The van der Waals surface area contributed by atoms with Gasteiger partial charge in [0.2, 0.25) is 11.8 Å². The van der Waals surface area contributed by atoms with Crippen LogP contribution in [0.3, 0.4) is 0 Å². The minimum atomic E-state index is -0.399. The predicted molar refractivity (Wildman–Crippen MR) is 95.9 cm³/mol. The summed E-state index contributed by atoms with van der Waals surface area (Å²) in [7, 11) is 0. The average molecular weight is 343 g/mol. The highest BCUT2D eigenvalue weighted by Gasteiger charge is 2.32. The van der Waals surface area contributed by atoms with Gasteiger partial charge >= 0.3 is 0 Å². The number of nitrogens with zero attached hydrogens (tertiary/aromatic N) is 2. The number of rotatable bonds is 5.